The van der Waals surface area contributed by atoms with Crippen LogP contribution in [0.25, 0.3) is 0 Å². The summed E-state index contributed by atoms with van der Waals surface area (Å²) in [6.07, 6.45) is 2.58. The average Bonchev–Trinajstić information content (AvgIpc) is 1.95. The largest absolute Gasteiger partial charge is 0.376 e. The Bertz CT molecular complexity index is 138. The van der Waals surface area contributed by atoms with Gasteiger partial charge < -0.3 is 10.5 Å². The molecular weight excluding hydrogens is 164 g/mol. The van der Waals surface area contributed by atoms with E-state index < -0.39 is 0 Å². The fraction of sp³-hybridized carbons (Fsp3) is 0.857. The number of nitriles is 1. The Kier molecular flexibility index (Phi) is 5.22. The molecule has 1 saturated heterocycles. The van der Waals surface area contributed by atoms with Crippen LogP contribution in [0.5, 0.6) is 0 Å². The number of rotatable bonds is 1. The summed E-state index contributed by atoms with van der Waals surface area (Å²) in [5.74, 6) is 0. The Labute approximate surface area is 72.9 Å². The molecule has 0 bridgehead atoms. The van der Waals surface area contributed by atoms with Gasteiger partial charge in [0.2, 0.25) is 0 Å². The van der Waals surface area contributed by atoms with Crippen molar-refractivity contribution in [3.8, 4) is 6.07 Å². The highest BCUT2D eigenvalue weighted by molar-refractivity contribution is 5.85. The van der Waals surface area contributed by atoms with Crippen molar-refractivity contribution in [2.75, 3.05) is 6.61 Å². The minimum absolute atomic E-state index is 0. The Hall–Kier alpha value is -0.300. The van der Waals surface area contributed by atoms with E-state index in [0.29, 0.717) is 13.0 Å². The summed E-state index contributed by atoms with van der Waals surface area (Å²) in [6.45, 7) is 0.617. The fourth-order valence-electron chi connectivity index (χ4n) is 1.09. The van der Waals surface area contributed by atoms with Crippen molar-refractivity contribution in [2.24, 2.45) is 5.73 Å². The second kappa shape index (κ2) is 5.36. The molecule has 64 valence electrons. The summed E-state index contributed by atoms with van der Waals surface area (Å²) in [5, 5.41) is 8.32. The molecule has 1 rings (SSSR count). The molecule has 1 aliphatic heterocycles. The van der Waals surface area contributed by atoms with Crippen LogP contribution in [-0.2, 0) is 4.74 Å². The molecule has 1 heterocycles. The molecule has 1 aliphatic rings. The number of hydrogen-bond donors (Lipinski definition) is 1. The first-order valence-electron chi connectivity index (χ1n) is 3.57. The zero-order valence-corrected chi connectivity index (χ0v) is 7.14. The smallest absolute Gasteiger partial charge is 0.0706 e. The van der Waals surface area contributed by atoms with Crippen LogP contribution in [0.4, 0.5) is 0 Å². The first-order chi connectivity index (χ1) is 4.83. The van der Waals surface area contributed by atoms with Crippen molar-refractivity contribution in [1.82, 2.24) is 0 Å². The van der Waals surface area contributed by atoms with Crippen molar-refractivity contribution < 1.29 is 4.74 Å². The molecule has 0 unspecified atom stereocenters. The predicted octanol–water partition coefficient (Wildman–Crippen LogP) is 0.828. The number of halogens is 1. The van der Waals surface area contributed by atoms with Crippen molar-refractivity contribution in [2.45, 2.75) is 31.4 Å². The molecule has 2 N–H and O–H groups in total. The van der Waals surface area contributed by atoms with Crippen LogP contribution in [0.15, 0.2) is 0 Å². The van der Waals surface area contributed by atoms with Gasteiger partial charge in [-0.1, -0.05) is 0 Å². The maximum absolute atomic E-state index is 8.32. The summed E-state index contributed by atoms with van der Waals surface area (Å²) >= 11 is 0. The third kappa shape index (κ3) is 3.57. The molecule has 0 aromatic carbocycles. The van der Waals surface area contributed by atoms with Gasteiger partial charge in [0.25, 0.3) is 0 Å². The van der Waals surface area contributed by atoms with Crippen LogP contribution in [-0.4, -0.2) is 18.8 Å². The van der Waals surface area contributed by atoms with Crippen molar-refractivity contribution in [3.05, 3.63) is 0 Å². The van der Waals surface area contributed by atoms with Gasteiger partial charge in [-0.15, -0.1) is 12.4 Å². The maximum atomic E-state index is 8.32. The van der Waals surface area contributed by atoms with Gasteiger partial charge in [0.1, 0.15) is 0 Å². The van der Waals surface area contributed by atoms with Gasteiger partial charge in [-0.2, -0.15) is 5.26 Å². The van der Waals surface area contributed by atoms with Gasteiger partial charge in [0.05, 0.1) is 25.2 Å². The van der Waals surface area contributed by atoms with Crippen molar-refractivity contribution >= 4 is 12.4 Å². The van der Waals surface area contributed by atoms with E-state index in [2.05, 4.69) is 6.07 Å². The normalized spacial score (nSPS) is 30.2. The molecule has 11 heavy (non-hydrogen) atoms. The predicted molar refractivity (Wildman–Crippen MR) is 44.4 cm³/mol. The zero-order chi connectivity index (χ0) is 7.40. The Balaban J connectivity index is 0.000001000. The molecule has 0 amide bonds. The number of nitrogens with zero attached hydrogens (tertiary/aromatic N) is 1. The summed E-state index contributed by atoms with van der Waals surface area (Å²) in [7, 11) is 0. The highest BCUT2D eigenvalue weighted by atomic mass is 35.5. The lowest BCUT2D eigenvalue weighted by Gasteiger charge is -2.24. The van der Waals surface area contributed by atoms with E-state index in [9.17, 15) is 0 Å². The quantitative estimate of drug-likeness (QED) is 0.644. The lowest BCUT2D eigenvalue weighted by molar-refractivity contribution is 0.00864. The first-order valence-corrected chi connectivity index (χ1v) is 3.57. The van der Waals surface area contributed by atoms with Gasteiger partial charge in [-0.3, -0.25) is 0 Å². The van der Waals surface area contributed by atoms with Crippen LogP contribution >= 0.6 is 12.4 Å². The molecule has 3 nitrogen and oxygen atoms in total. The van der Waals surface area contributed by atoms with Gasteiger partial charge in [0.15, 0.2) is 0 Å². The summed E-state index contributed by atoms with van der Waals surface area (Å²) in [6, 6.07) is 2.28. The molecule has 1 fully saturated rings. The SMILES string of the molecule is Cl.N#CC[C@H]1CC[C@H](N)CO1. The fourth-order valence-corrected chi connectivity index (χ4v) is 1.09. The highest BCUT2D eigenvalue weighted by Gasteiger charge is 2.17. The monoisotopic (exact) mass is 176 g/mol. The molecule has 0 spiro atoms. The third-order valence-corrected chi connectivity index (χ3v) is 1.72. The van der Waals surface area contributed by atoms with Crippen LogP contribution in [0, 0.1) is 11.3 Å². The van der Waals surface area contributed by atoms with Gasteiger partial charge >= 0.3 is 0 Å². The first kappa shape index (κ1) is 10.7. The standard InChI is InChI=1S/C7H12N2O.ClH/c8-4-3-7-2-1-6(9)5-10-7;/h6-7H,1-3,5,9H2;1H/t6-,7+;/m0./s1. The van der Waals surface area contributed by atoms with Gasteiger partial charge in [0, 0.05) is 6.04 Å². The third-order valence-electron chi connectivity index (χ3n) is 1.72. The lowest BCUT2D eigenvalue weighted by Crippen LogP contribution is -2.35. The van der Waals surface area contributed by atoms with Gasteiger partial charge in [-0.05, 0) is 12.8 Å². The topological polar surface area (TPSA) is 59.0 Å². The number of hydrogen-bond acceptors (Lipinski definition) is 3. The minimum Gasteiger partial charge on any atom is -0.376 e. The van der Waals surface area contributed by atoms with Crippen molar-refractivity contribution in [1.29, 1.82) is 5.26 Å². The van der Waals surface area contributed by atoms with E-state index in [0.717, 1.165) is 12.8 Å². The van der Waals surface area contributed by atoms with Crippen LogP contribution in [0.3, 0.4) is 0 Å². The molecule has 0 radical (unpaired) electrons. The van der Waals surface area contributed by atoms with Crippen LogP contribution < -0.4 is 5.73 Å². The molecular formula is C7H13ClN2O. The zero-order valence-electron chi connectivity index (χ0n) is 6.32. The van der Waals surface area contributed by atoms with E-state index in [4.69, 9.17) is 15.7 Å². The molecule has 4 heteroatoms. The Morgan fingerprint density at radius 1 is 1.55 bits per heavy atom. The van der Waals surface area contributed by atoms with E-state index in [1.54, 1.807) is 0 Å². The highest BCUT2D eigenvalue weighted by Crippen LogP contribution is 2.13. The minimum atomic E-state index is 0. The summed E-state index contributed by atoms with van der Waals surface area (Å²) < 4.78 is 5.28. The van der Waals surface area contributed by atoms with Crippen LogP contribution in [0.1, 0.15) is 19.3 Å². The van der Waals surface area contributed by atoms with E-state index >= 15 is 0 Å². The second-order valence-electron chi connectivity index (χ2n) is 2.66. The van der Waals surface area contributed by atoms with E-state index in [1.165, 1.54) is 0 Å². The number of nitrogens with two attached hydrogens (primary N) is 1. The average molecular weight is 177 g/mol. The summed E-state index contributed by atoms with van der Waals surface area (Å²) in [5.41, 5.74) is 5.59. The van der Waals surface area contributed by atoms with E-state index in [1.807, 2.05) is 0 Å². The van der Waals surface area contributed by atoms with Gasteiger partial charge in [-0.25, -0.2) is 0 Å². The Morgan fingerprint density at radius 2 is 2.27 bits per heavy atom. The summed E-state index contributed by atoms with van der Waals surface area (Å²) in [4.78, 5) is 0. The molecule has 0 aromatic rings. The molecule has 0 aliphatic carbocycles. The molecule has 0 aromatic heterocycles. The Morgan fingerprint density at radius 3 is 2.73 bits per heavy atom. The van der Waals surface area contributed by atoms with E-state index in [-0.39, 0.29) is 24.6 Å². The molecule has 0 saturated carbocycles. The number of ether oxygens (including phenoxy) is 1. The van der Waals surface area contributed by atoms with Crippen molar-refractivity contribution in [3.63, 3.8) is 0 Å². The maximum Gasteiger partial charge on any atom is 0.0706 e. The second-order valence-corrected chi connectivity index (χ2v) is 2.66. The molecule has 2 atom stereocenters. The lowest BCUT2D eigenvalue weighted by atomic mass is 10.0. The van der Waals surface area contributed by atoms with Crippen LogP contribution in [0.2, 0.25) is 0 Å².